The molecular formula is C16H22ClNO5. The molecule has 0 spiro atoms. The number of carboxylic acid groups (broad SMARTS) is 1. The molecule has 1 amide bonds. The highest BCUT2D eigenvalue weighted by molar-refractivity contribution is 6.32. The van der Waals surface area contributed by atoms with Crippen molar-refractivity contribution in [3.05, 3.63) is 22.7 Å². The molecule has 23 heavy (non-hydrogen) atoms. The van der Waals surface area contributed by atoms with E-state index in [0.29, 0.717) is 24.5 Å². The molecule has 2 atom stereocenters. The Kier molecular flexibility index (Phi) is 7.16. The van der Waals surface area contributed by atoms with E-state index in [1.165, 1.54) is 19.2 Å². The Hall–Kier alpha value is -1.95. The van der Waals surface area contributed by atoms with Crippen molar-refractivity contribution >= 4 is 23.5 Å². The van der Waals surface area contributed by atoms with Gasteiger partial charge in [0.25, 0.3) is 5.91 Å². The predicted molar refractivity (Wildman–Crippen MR) is 87.5 cm³/mol. The van der Waals surface area contributed by atoms with Gasteiger partial charge in [0.2, 0.25) is 0 Å². The van der Waals surface area contributed by atoms with E-state index in [0.717, 1.165) is 0 Å². The summed E-state index contributed by atoms with van der Waals surface area (Å²) in [6.07, 6.45) is 0.630. The Labute approximate surface area is 140 Å². The van der Waals surface area contributed by atoms with E-state index in [1.807, 2.05) is 6.92 Å². The van der Waals surface area contributed by atoms with E-state index in [2.05, 4.69) is 5.32 Å². The van der Waals surface area contributed by atoms with Crippen molar-refractivity contribution < 1.29 is 24.2 Å². The zero-order valence-electron chi connectivity index (χ0n) is 13.7. The second-order valence-electron chi connectivity index (χ2n) is 5.10. The van der Waals surface area contributed by atoms with Crippen molar-refractivity contribution in [1.29, 1.82) is 0 Å². The third kappa shape index (κ3) is 4.76. The molecule has 0 aliphatic heterocycles. The third-order valence-corrected chi connectivity index (χ3v) is 3.83. The number of nitrogens with one attached hydrogen (secondary N) is 1. The summed E-state index contributed by atoms with van der Waals surface area (Å²) in [5.41, 5.74) is 0.213. The number of aliphatic carboxylic acids is 1. The standard InChI is InChI=1S/C16H22ClNO5/c1-5-9(3)13(16(20)21)18-15(19)10-7-11(17)14(23-6-2)12(8-10)22-4/h7-9,13H,5-6H2,1-4H3,(H,18,19)(H,20,21). The molecular weight excluding hydrogens is 322 g/mol. The number of rotatable bonds is 8. The fraction of sp³-hybridized carbons (Fsp3) is 0.500. The summed E-state index contributed by atoms with van der Waals surface area (Å²) in [7, 11) is 1.44. The van der Waals surface area contributed by atoms with E-state index in [9.17, 15) is 14.7 Å². The summed E-state index contributed by atoms with van der Waals surface area (Å²) in [5.74, 6) is -1.13. The van der Waals surface area contributed by atoms with Crippen molar-refractivity contribution in [2.75, 3.05) is 13.7 Å². The van der Waals surface area contributed by atoms with Crippen molar-refractivity contribution in [2.24, 2.45) is 5.92 Å². The molecule has 0 aliphatic carbocycles. The normalized spacial score (nSPS) is 13.1. The SMILES string of the molecule is CCOc1c(Cl)cc(C(=O)NC(C(=O)O)C(C)CC)cc1OC. The third-order valence-electron chi connectivity index (χ3n) is 3.55. The average molecular weight is 344 g/mol. The van der Waals surface area contributed by atoms with Crippen LogP contribution in [0.5, 0.6) is 11.5 Å². The van der Waals surface area contributed by atoms with Crippen LogP contribution in [-0.4, -0.2) is 36.7 Å². The zero-order valence-corrected chi connectivity index (χ0v) is 14.4. The van der Waals surface area contributed by atoms with E-state index in [4.69, 9.17) is 21.1 Å². The first kappa shape index (κ1) is 19.1. The molecule has 0 fully saturated rings. The highest BCUT2D eigenvalue weighted by Crippen LogP contribution is 2.36. The van der Waals surface area contributed by atoms with Gasteiger partial charge in [-0.25, -0.2) is 4.79 Å². The van der Waals surface area contributed by atoms with Crippen LogP contribution in [0.4, 0.5) is 0 Å². The topological polar surface area (TPSA) is 84.9 Å². The van der Waals surface area contributed by atoms with Crippen LogP contribution in [0.3, 0.4) is 0 Å². The molecule has 0 bridgehead atoms. The fourth-order valence-electron chi connectivity index (χ4n) is 2.04. The zero-order chi connectivity index (χ0) is 17.6. The van der Waals surface area contributed by atoms with Crippen molar-refractivity contribution in [2.45, 2.75) is 33.2 Å². The maximum atomic E-state index is 12.3. The minimum Gasteiger partial charge on any atom is -0.493 e. The average Bonchev–Trinajstić information content (AvgIpc) is 2.52. The molecule has 0 heterocycles. The summed E-state index contributed by atoms with van der Waals surface area (Å²) >= 11 is 6.12. The van der Waals surface area contributed by atoms with Gasteiger partial charge in [0.1, 0.15) is 6.04 Å². The summed E-state index contributed by atoms with van der Waals surface area (Å²) in [4.78, 5) is 23.7. The monoisotopic (exact) mass is 343 g/mol. The largest absolute Gasteiger partial charge is 0.493 e. The van der Waals surface area contributed by atoms with Crippen molar-refractivity contribution in [3.63, 3.8) is 0 Å². The Bertz CT molecular complexity index is 576. The van der Waals surface area contributed by atoms with E-state index >= 15 is 0 Å². The minimum absolute atomic E-state index is 0.198. The van der Waals surface area contributed by atoms with Gasteiger partial charge in [-0.1, -0.05) is 31.9 Å². The van der Waals surface area contributed by atoms with Gasteiger partial charge >= 0.3 is 5.97 Å². The van der Waals surface area contributed by atoms with Crippen LogP contribution in [0, 0.1) is 5.92 Å². The Balaban J connectivity index is 3.08. The summed E-state index contributed by atoms with van der Waals surface area (Å²) in [6.45, 7) is 5.84. The number of carbonyl (C=O) groups is 2. The second kappa shape index (κ2) is 8.62. The summed E-state index contributed by atoms with van der Waals surface area (Å²) < 4.78 is 10.6. The quantitative estimate of drug-likeness (QED) is 0.758. The predicted octanol–water partition coefficient (Wildman–Crippen LogP) is 2.98. The number of halogens is 1. The van der Waals surface area contributed by atoms with Crippen LogP contribution >= 0.6 is 11.6 Å². The number of ether oxygens (including phenoxy) is 2. The molecule has 1 rings (SSSR count). The van der Waals surface area contributed by atoms with Crippen LogP contribution in [0.15, 0.2) is 12.1 Å². The number of amides is 1. The minimum atomic E-state index is -1.07. The maximum Gasteiger partial charge on any atom is 0.326 e. The first-order valence-corrected chi connectivity index (χ1v) is 7.77. The highest BCUT2D eigenvalue weighted by Gasteiger charge is 2.26. The number of hydrogen-bond acceptors (Lipinski definition) is 4. The molecule has 0 aromatic heterocycles. The van der Waals surface area contributed by atoms with Crippen LogP contribution < -0.4 is 14.8 Å². The Morgan fingerprint density at radius 1 is 1.35 bits per heavy atom. The van der Waals surface area contributed by atoms with Gasteiger partial charge in [-0.05, 0) is 25.0 Å². The fourth-order valence-corrected chi connectivity index (χ4v) is 2.31. The van der Waals surface area contributed by atoms with Crippen LogP contribution in [0.1, 0.15) is 37.6 Å². The van der Waals surface area contributed by atoms with Gasteiger partial charge in [0, 0.05) is 5.56 Å². The number of methoxy groups -OCH3 is 1. The van der Waals surface area contributed by atoms with Crippen LogP contribution in [-0.2, 0) is 4.79 Å². The van der Waals surface area contributed by atoms with Crippen molar-refractivity contribution in [3.8, 4) is 11.5 Å². The van der Waals surface area contributed by atoms with Gasteiger partial charge in [0.15, 0.2) is 11.5 Å². The maximum absolute atomic E-state index is 12.3. The molecule has 1 aromatic rings. The molecule has 6 nitrogen and oxygen atoms in total. The second-order valence-corrected chi connectivity index (χ2v) is 5.50. The lowest BCUT2D eigenvalue weighted by Gasteiger charge is -2.20. The van der Waals surface area contributed by atoms with Crippen molar-refractivity contribution in [1.82, 2.24) is 5.32 Å². The molecule has 7 heteroatoms. The molecule has 0 aliphatic rings. The van der Waals surface area contributed by atoms with Gasteiger partial charge in [-0.3, -0.25) is 4.79 Å². The Morgan fingerprint density at radius 3 is 2.48 bits per heavy atom. The highest BCUT2D eigenvalue weighted by atomic mass is 35.5. The van der Waals surface area contributed by atoms with Gasteiger partial charge in [-0.15, -0.1) is 0 Å². The van der Waals surface area contributed by atoms with Gasteiger partial charge in [0.05, 0.1) is 18.7 Å². The molecule has 0 radical (unpaired) electrons. The lowest BCUT2D eigenvalue weighted by atomic mass is 9.99. The molecule has 2 N–H and O–H groups in total. The van der Waals surface area contributed by atoms with Gasteiger partial charge in [-0.2, -0.15) is 0 Å². The van der Waals surface area contributed by atoms with E-state index in [1.54, 1.807) is 13.8 Å². The van der Waals surface area contributed by atoms with E-state index < -0.39 is 17.9 Å². The summed E-state index contributed by atoms with van der Waals surface area (Å²) in [5, 5.41) is 12.0. The van der Waals surface area contributed by atoms with Crippen LogP contribution in [0.25, 0.3) is 0 Å². The molecule has 0 saturated carbocycles. The number of carbonyl (C=O) groups excluding carboxylic acids is 1. The lowest BCUT2D eigenvalue weighted by molar-refractivity contribution is -0.140. The summed E-state index contributed by atoms with van der Waals surface area (Å²) in [6, 6.07) is 1.94. The lowest BCUT2D eigenvalue weighted by Crippen LogP contribution is -2.45. The van der Waals surface area contributed by atoms with E-state index in [-0.39, 0.29) is 16.5 Å². The number of carboxylic acids is 1. The molecule has 2 unspecified atom stereocenters. The van der Waals surface area contributed by atoms with Gasteiger partial charge < -0.3 is 19.9 Å². The molecule has 0 saturated heterocycles. The van der Waals surface area contributed by atoms with Crippen LogP contribution in [0.2, 0.25) is 5.02 Å². The molecule has 1 aromatic carbocycles. The number of hydrogen-bond donors (Lipinski definition) is 2. The molecule has 128 valence electrons. The first-order valence-electron chi connectivity index (χ1n) is 7.39. The Morgan fingerprint density at radius 2 is 2.00 bits per heavy atom. The smallest absolute Gasteiger partial charge is 0.326 e. The number of benzene rings is 1. The first-order chi connectivity index (χ1) is 10.8.